The molecule has 21 heavy (non-hydrogen) atoms. The standard InChI is InChI=1S/C16H18BrFN2O/c1-2-10-21-12-8-6-11(7-9-12)16(20-19)15-13(17)4-3-5-14(15)18/h3-9,16,20H,2,10,19H2,1H3. The highest BCUT2D eigenvalue weighted by atomic mass is 79.9. The van der Waals surface area contributed by atoms with Crippen molar-refractivity contribution in [2.24, 2.45) is 5.84 Å². The Balaban J connectivity index is 2.29. The molecule has 0 aromatic heterocycles. The van der Waals surface area contributed by atoms with Crippen molar-refractivity contribution in [2.75, 3.05) is 6.61 Å². The smallest absolute Gasteiger partial charge is 0.129 e. The van der Waals surface area contributed by atoms with Crippen LogP contribution in [0.2, 0.25) is 0 Å². The highest BCUT2D eigenvalue weighted by Gasteiger charge is 2.19. The van der Waals surface area contributed by atoms with E-state index in [0.717, 1.165) is 17.7 Å². The second kappa shape index (κ2) is 7.54. The normalized spacial score (nSPS) is 12.2. The topological polar surface area (TPSA) is 47.3 Å². The molecule has 0 bridgehead atoms. The number of nitrogens with two attached hydrogens (primary N) is 1. The second-order valence-corrected chi connectivity index (χ2v) is 5.51. The summed E-state index contributed by atoms with van der Waals surface area (Å²) >= 11 is 3.37. The summed E-state index contributed by atoms with van der Waals surface area (Å²) in [5.74, 6) is 6.11. The van der Waals surface area contributed by atoms with E-state index in [2.05, 4.69) is 28.3 Å². The van der Waals surface area contributed by atoms with Gasteiger partial charge in [-0.05, 0) is 36.2 Å². The minimum Gasteiger partial charge on any atom is -0.494 e. The molecule has 0 saturated carbocycles. The number of hydrazine groups is 1. The van der Waals surface area contributed by atoms with E-state index in [1.54, 1.807) is 12.1 Å². The zero-order valence-corrected chi connectivity index (χ0v) is 13.4. The molecule has 0 saturated heterocycles. The molecule has 0 spiro atoms. The van der Waals surface area contributed by atoms with Gasteiger partial charge in [-0.15, -0.1) is 0 Å². The van der Waals surface area contributed by atoms with E-state index in [1.807, 2.05) is 24.3 Å². The molecule has 0 aliphatic carbocycles. The van der Waals surface area contributed by atoms with E-state index in [9.17, 15) is 4.39 Å². The predicted molar refractivity (Wildman–Crippen MR) is 85.5 cm³/mol. The lowest BCUT2D eigenvalue weighted by atomic mass is 9.99. The fourth-order valence-electron chi connectivity index (χ4n) is 2.11. The predicted octanol–water partition coefficient (Wildman–Crippen LogP) is 3.93. The lowest BCUT2D eigenvalue weighted by Gasteiger charge is -2.19. The summed E-state index contributed by atoms with van der Waals surface area (Å²) in [5, 5.41) is 0. The maximum Gasteiger partial charge on any atom is 0.129 e. The summed E-state index contributed by atoms with van der Waals surface area (Å²) in [6.45, 7) is 2.73. The lowest BCUT2D eigenvalue weighted by molar-refractivity contribution is 0.317. The zero-order valence-electron chi connectivity index (χ0n) is 11.8. The van der Waals surface area contributed by atoms with Crippen LogP contribution in [0.15, 0.2) is 46.9 Å². The van der Waals surface area contributed by atoms with Crippen molar-refractivity contribution in [3.63, 3.8) is 0 Å². The molecule has 112 valence electrons. The van der Waals surface area contributed by atoms with Gasteiger partial charge in [0.15, 0.2) is 0 Å². The van der Waals surface area contributed by atoms with Crippen molar-refractivity contribution in [2.45, 2.75) is 19.4 Å². The van der Waals surface area contributed by atoms with E-state index in [1.165, 1.54) is 6.07 Å². The molecule has 0 amide bonds. The van der Waals surface area contributed by atoms with Crippen molar-refractivity contribution in [1.82, 2.24) is 5.43 Å². The minimum atomic E-state index is -0.430. The Kier molecular flexibility index (Phi) is 5.73. The Morgan fingerprint density at radius 3 is 2.52 bits per heavy atom. The summed E-state index contributed by atoms with van der Waals surface area (Å²) in [4.78, 5) is 0. The molecule has 3 nitrogen and oxygen atoms in total. The van der Waals surface area contributed by atoms with Crippen LogP contribution in [0.3, 0.4) is 0 Å². The number of hydrogen-bond acceptors (Lipinski definition) is 3. The van der Waals surface area contributed by atoms with Gasteiger partial charge in [-0.1, -0.05) is 41.1 Å². The fourth-order valence-corrected chi connectivity index (χ4v) is 2.68. The SMILES string of the molecule is CCCOc1ccc(C(NN)c2c(F)cccc2Br)cc1. The van der Waals surface area contributed by atoms with Crippen LogP contribution in [0.5, 0.6) is 5.75 Å². The zero-order chi connectivity index (χ0) is 15.2. The maximum atomic E-state index is 14.1. The number of ether oxygens (including phenoxy) is 1. The maximum absolute atomic E-state index is 14.1. The van der Waals surface area contributed by atoms with Gasteiger partial charge in [0.25, 0.3) is 0 Å². The lowest BCUT2D eigenvalue weighted by Crippen LogP contribution is -2.29. The van der Waals surface area contributed by atoms with Gasteiger partial charge in [-0.3, -0.25) is 5.84 Å². The number of rotatable bonds is 6. The van der Waals surface area contributed by atoms with Crippen LogP contribution in [-0.2, 0) is 0 Å². The van der Waals surface area contributed by atoms with Gasteiger partial charge in [0.2, 0.25) is 0 Å². The summed E-state index contributed by atoms with van der Waals surface area (Å²) in [5.41, 5.74) is 4.02. The Morgan fingerprint density at radius 1 is 1.24 bits per heavy atom. The third-order valence-corrected chi connectivity index (χ3v) is 3.83. The molecule has 0 heterocycles. The molecule has 3 N–H and O–H groups in total. The highest BCUT2D eigenvalue weighted by molar-refractivity contribution is 9.10. The van der Waals surface area contributed by atoms with Crippen LogP contribution < -0.4 is 16.0 Å². The van der Waals surface area contributed by atoms with Crippen molar-refractivity contribution >= 4 is 15.9 Å². The van der Waals surface area contributed by atoms with Crippen LogP contribution in [-0.4, -0.2) is 6.61 Å². The van der Waals surface area contributed by atoms with Crippen molar-refractivity contribution in [3.8, 4) is 5.75 Å². The number of benzene rings is 2. The third-order valence-electron chi connectivity index (χ3n) is 3.14. The first-order valence-electron chi connectivity index (χ1n) is 6.80. The van der Waals surface area contributed by atoms with Crippen LogP contribution in [0.1, 0.15) is 30.5 Å². The van der Waals surface area contributed by atoms with Crippen molar-refractivity contribution < 1.29 is 9.13 Å². The Labute approximate surface area is 132 Å². The molecular weight excluding hydrogens is 335 g/mol. The summed E-state index contributed by atoms with van der Waals surface area (Å²) in [7, 11) is 0. The largest absolute Gasteiger partial charge is 0.494 e. The molecule has 0 fully saturated rings. The van der Waals surface area contributed by atoms with Gasteiger partial charge in [0.05, 0.1) is 12.6 Å². The highest BCUT2D eigenvalue weighted by Crippen LogP contribution is 2.31. The van der Waals surface area contributed by atoms with E-state index >= 15 is 0 Å². The van der Waals surface area contributed by atoms with Gasteiger partial charge in [0, 0.05) is 10.0 Å². The van der Waals surface area contributed by atoms with Gasteiger partial charge in [-0.25, -0.2) is 9.82 Å². The number of nitrogens with one attached hydrogen (secondary N) is 1. The number of halogens is 2. The summed E-state index contributed by atoms with van der Waals surface area (Å²) in [6, 6.07) is 11.9. The molecule has 1 unspecified atom stereocenters. The molecule has 0 aliphatic rings. The van der Waals surface area contributed by atoms with Crippen LogP contribution in [0, 0.1) is 5.82 Å². The van der Waals surface area contributed by atoms with E-state index in [-0.39, 0.29) is 5.82 Å². The van der Waals surface area contributed by atoms with Gasteiger partial charge < -0.3 is 4.74 Å². The fraction of sp³-hybridized carbons (Fsp3) is 0.250. The van der Waals surface area contributed by atoms with Crippen LogP contribution >= 0.6 is 15.9 Å². The van der Waals surface area contributed by atoms with Crippen LogP contribution in [0.4, 0.5) is 4.39 Å². The Bertz CT molecular complexity index is 569. The molecule has 0 aliphatic heterocycles. The van der Waals surface area contributed by atoms with Gasteiger partial charge in [-0.2, -0.15) is 0 Å². The molecule has 2 aromatic carbocycles. The average molecular weight is 353 g/mol. The average Bonchev–Trinajstić information content (AvgIpc) is 2.50. The second-order valence-electron chi connectivity index (χ2n) is 4.65. The van der Waals surface area contributed by atoms with Gasteiger partial charge >= 0.3 is 0 Å². The number of hydrogen-bond donors (Lipinski definition) is 2. The first kappa shape index (κ1) is 15.9. The molecule has 0 radical (unpaired) electrons. The molecular formula is C16H18BrFN2O. The first-order chi connectivity index (χ1) is 10.2. The summed E-state index contributed by atoms with van der Waals surface area (Å²) in [6.07, 6.45) is 0.955. The Hall–Kier alpha value is -1.43. The summed E-state index contributed by atoms with van der Waals surface area (Å²) < 4.78 is 20.3. The van der Waals surface area contributed by atoms with Crippen LogP contribution in [0.25, 0.3) is 0 Å². The quantitative estimate of drug-likeness (QED) is 0.611. The molecule has 5 heteroatoms. The van der Waals surface area contributed by atoms with Crippen molar-refractivity contribution in [3.05, 3.63) is 63.9 Å². The minimum absolute atomic E-state index is 0.307. The molecule has 2 rings (SSSR count). The van der Waals surface area contributed by atoms with Crippen molar-refractivity contribution in [1.29, 1.82) is 0 Å². The van der Waals surface area contributed by atoms with E-state index < -0.39 is 6.04 Å². The van der Waals surface area contributed by atoms with E-state index in [4.69, 9.17) is 10.6 Å². The van der Waals surface area contributed by atoms with E-state index in [0.29, 0.717) is 16.6 Å². The van der Waals surface area contributed by atoms with Gasteiger partial charge in [0.1, 0.15) is 11.6 Å². The monoisotopic (exact) mass is 352 g/mol. The third kappa shape index (κ3) is 3.81. The Morgan fingerprint density at radius 2 is 1.95 bits per heavy atom. The first-order valence-corrected chi connectivity index (χ1v) is 7.59. The molecule has 2 aromatic rings. The molecule has 1 atom stereocenters.